The van der Waals surface area contributed by atoms with Gasteiger partial charge in [-0.15, -0.1) is 0 Å². The molecule has 0 spiro atoms. The van der Waals surface area contributed by atoms with Crippen molar-refractivity contribution in [2.24, 2.45) is 0 Å². The first-order valence-corrected chi connectivity index (χ1v) is 8.55. The van der Waals surface area contributed by atoms with Gasteiger partial charge in [0.05, 0.1) is 24.1 Å². The molecule has 0 fully saturated rings. The molecule has 0 aliphatic heterocycles. The van der Waals surface area contributed by atoms with Gasteiger partial charge in [-0.3, -0.25) is 9.78 Å². The maximum Gasteiger partial charge on any atom is 0.257 e. The number of pyridine rings is 1. The quantitative estimate of drug-likeness (QED) is 0.692. The summed E-state index contributed by atoms with van der Waals surface area (Å²) in [6.45, 7) is 7.02. The van der Waals surface area contributed by atoms with E-state index in [0.717, 1.165) is 17.1 Å². The molecule has 26 heavy (non-hydrogen) atoms. The highest BCUT2D eigenvalue weighted by Gasteiger charge is 2.13. The summed E-state index contributed by atoms with van der Waals surface area (Å²) in [5.74, 6) is 0.626. The summed E-state index contributed by atoms with van der Waals surface area (Å²) in [6, 6.07) is 13.4. The van der Waals surface area contributed by atoms with Crippen LogP contribution in [0.5, 0.6) is 0 Å². The maximum absolute atomic E-state index is 12.5. The number of hydrogen-bond donors (Lipinski definition) is 2. The third kappa shape index (κ3) is 4.51. The van der Waals surface area contributed by atoms with Crippen LogP contribution >= 0.6 is 0 Å². The smallest absolute Gasteiger partial charge is 0.257 e. The fraction of sp³-hybridized carbons (Fsp3) is 0.238. The highest BCUT2D eigenvalue weighted by Crippen LogP contribution is 2.23. The number of aromatic nitrogens is 1. The van der Waals surface area contributed by atoms with Crippen LogP contribution in [0.3, 0.4) is 0 Å². The van der Waals surface area contributed by atoms with Crippen LogP contribution in [0.2, 0.25) is 0 Å². The van der Waals surface area contributed by atoms with Crippen molar-refractivity contribution < 1.29 is 9.21 Å². The zero-order valence-electron chi connectivity index (χ0n) is 15.2. The molecule has 3 aromatic rings. The van der Waals surface area contributed by atoms with Crippen molar-refractivity contribution in [1.82, 2.24) is 4.98 Å². The summed E-state index contributed by atoms with van der Waals surface area (Å²) >= 11 is 0. The normalized spacial score (nSPS) is 11.2. The summed E-state index contributed by atoms with van der Waals surface area (Å²) in [5, 5.41) is 6.10. The van der Waals surface area contributed by atoms with Crippen molar-refractivity contribution in [2.45, 2.75) is 32.7 Å². The van der Waals surface area contributed by atoms with E-state index in [9.17, 15) is 4.79 Å². The number of hydrogen-bond acceptors (Lipinski definition) is 4. The lowest BCUT2D eigenvalue weighted by molar-refractivity contribution is 0.102. The third-order valence-corrected chi connectivity index (χ3v) is 4.06. The van der Waals surface area contributed by atoms with E-state index < -0.39 is 0 Å². The molecule has 0 bridgehead atoms. The van der Waals surface area contributed by atoms with Crippen molar-refractivity contribution in [1.29, 1.82) is 0 Å². The van der Waals surface area contributed by atoms with E-state index >= 15 is 0 Å². The molecule has 2 N–H and O–H groups in total. The number of benzene rings is 1. The van der Waals surface area contributed by atoms with Crippen LogP contribution in [0.15, 0.2) is 65.5 Å². The maximum atomic E-state index is 12.5. The molecule has 0 aliphatic rings. The van der Waals surface area contributed by atoms with Crippen LogP contribution in [0.25, 0.3) is 0 Å². The van der Waals surface area contributed by atoms with Gasteiger partial charge < -0.3 is 15.1 Å². The number of carbonyl (C=O) groups is 1. The lowest BCUT2D eigenvalue weighted by atomic mass is 9.87. The summed E-state index contributed by atoms with van der Waals surface area (Å²) in [4.78, 5) is 16.6. The molecule has 0 unspecified atom stereocenters. The average molecular weight is 349 g/mol. The van der Waals surface area contributed by atoms with Crippen LogP contribution in [0, 0.1) is 0 Å². The van der Waals surface area contributed by atoms with E-state index in [1.807, 2.05) is 36.4 Å². The predicted molar refractivity (Wildman–Crippen MR) is 103 cm³/mol. The van der Waals surface area contributed by atoms with Crippen LogP contribution in [-0.2, 0) is 12.0 Å². The lowest BCUT2D eigenvalue weighted by Crippen LogP contribution is -2.14. The van der Waals surface area contributed by atoms with Gasteiger partial charge in [-0.25, -0.2) is 0 Å². The number of carbonyl (C=O) groups excluding carboxylic acids is 1. The van der Waals surface area contributed by atoms with E-state index in [4.69, 9.17) is 4.42 Å². The molecule has 3 rings (SSSR count). The molecule has 0 saturated heterocycles. The highest BCUT2D eigenvalue weighted by molar-refractivity contribution is 6.04. The predicted octanol–water partition coefficient (Wildman–Crippen LogP) is 4.84. The minimum Gasteiger partial charge on any atom is -0.467 e. The van der Waals surface area contributed by atoms with Crippen molar-refractivity contribution >= 4 is 17.3 Å². The van der Waals surface area contributed by atoms with Gasteiger partial charge in [-0.2, -0.15) is 0 Å². The molecule has 1 aromatic carbocycles. The Kier molecular flexibility index (Phi) is 5.07. The second-order valence-corrected chi connectivity index (χ2v) is 7.18. The zero-order chi connectivity index (χ0) is 18.6. The molecule has 134 valence electrons. The monoisotopic (exact) mass is 349 g/mol. The lowest BCUT2D eigenvalue weighted by Gasteiger charge is -2.19. The SMILES string of the molecule is CC(C)(C)c1ccc(NC(=O)c2cncc(NCc3ccco3)c2)cc1. The van der Waals surface area contributed by atoms with Crippen molar-refractivity contribution in [3.63, 3.8) is 0 Å². The van der Waals surface area contributed by atoms with Gasteiger partial charge in [-0.1, -0.05) is 32.9 Å². The standard InChI is InChI=1S/C21H23N3O2/c1-21(2,3)16-6-8-17(9-7-16)24-20(25)15-11-18(13-22-12-15)23-14-19-5-4-10-26-19/h4-13,23H,14H2,1-3H3,(H,24,25). The molecule has 0 atom stereocenters. The van der Waals surface area contributed by atoms with Gasteiger partial charge in [0.25, 0.3) is 5.91 Å². The Hall–Kier alpha value is -3.08. The zero-order valence-corrected chi connectivity index (χ0v) is 15.2. The highest BCUT2D eigenvalue weighted by atomic mass is 16.3. The van der Waals surface area contributed by atoms with E-state index in [-0.39, 0.29) is 11.3 Å². The molecule has 0 saturated carbocycles. The summed E-state index contributed by atoms with van der Waals surface area (Å²) in [5.41, 5.74) is 3.32. The number of amides is 1. The number of rotatable bonds is 5. The Morgan fingerprint density at radius 2 is 1.85 bits per heavy atom. The molecule has 5 nitrogen and oxygen atoms in total. The Labute approximate surface area is 153 Å². The molecular weight excluding hydrogens is 326 g/mol. The van der Waals surface area contributed by atoms with Gasteiger partial charge in [0, 0.05) is 18.1 Å². The van der Waals surface area contributed by atoms with Crippen LogP contribution in [0.1, 0.15) is 42.5 Å². The molecule has 1 amide bonds. The Balaban J connectivity index is 1.65. The van der Waals surface area contributed by atoms with Gasteiger partial charge >= 0.3 is 0 Å². The summed E-state index contributed by atoms with van der Waals surface area (Å²) in [6.07, 6.45) is 4.86. The van der Waals surface area contributed by atoms with Crippen molar-refractivity contribution in [3.05, 3.63) is 78.0 Å². The van der Waals surface area contributed by atoms with Gasteiger partial charge in [0.2, 0.25) is 0 Å². The number of nitrogens with zero attached hydrogens (tertiary/aromatic N) is 1. The number of anilines is 2. The van der Waals surface area contributed by atoms with E-state index in [1.165, 1.54) is 5.56 Å². The molecular formula is C21H23N3O2. The van der Waals surface area contributed by atoms with Crippen molar-refractivity contribution in [3.8, 4) is 0 Å². The van der Waals surface area contributed by atoms with Gasteiger partial charge in [-0.05, 0) is 41.3 Å². The van der Waals surface area contributed by atoms with Crippen molar-refractivity contribution in [2.75, 3.05) is 10.6 Å². The molecule has 5 heteroatoms. The first kappa shape index (κ1) is 17.7. The van der Waals surface area contributed by atoms with Gasteiger partial charge in [0.15, 0.2) is 0 Å². The largest absolute Gasteiger partial charge is 0.467 e. The Bertz CT molecular complexity index is 863. The van der Waals surface area contributed by atoms with Gasteiger partial charge in [0.1, 0.15) is 5.76 Å². The fourth-order valence-corrected chi connectivity index (χ4v) is 2.52. The third-order valence-electron chi connectivity index (χ3n) is 4.06. The summed E-state index contributed by atoms with van der Waals surface area (Å²) < 4.78 is 5.28. The van der Waals surface area contributed by atoms with E-state index in [1.54, 1.807) is 24.7 Å². The minimum atomic E-state index is -0.192. The summed E-state index contributed by atoms with van der Waals surface area (Å²) in [7, 11) is 0. The second kappa shape index (κ2) is 7.44. The van der Waals surface area contributed by atoms with Crippen LogP contribution < -0.4 is 10.6 Å². The topological polar surface area (TPSA) is 67.2 Å². The number of nitrogens with one attached hydrogen (secondary N) is 2. The fourth-order valence-electron chi connectivity index (χ4n) is 2.52. The van der Waals surface area contributed by atoms with E-state index in [0.29, 0.717) is 12.1 Å². The Morgan fingerprint density at radius 1 is 1.08 bits per heavy atom. The first-order chi connectivity index (χ1) is 12.4. The molecule has 0 radical (unpaired) electrons. The molecule has 0 aliphatic carbocycles. The average Bonchev–Trinajstić information content (AvgIpc) is 3.13. The molecule has 2 heterocycles. The number of furan rings is 1. The van der Waals surface area contributed by atoms with E-state index in [2.05, 4.69) is 36.4 Å². The Morgan fingerprint density at radius 3 is 2.50 bits per heavy atom. The second-order valence-electron chi connectivity index (χ2n) is 7.18. The van der Waals surface area contributed by atoms with Crippen LogP contribution in [-0.4, -0.2) is 10.9 Å². The van der Waals surface area contributed by atoms with Crippen LogP contribution in [0.4, 0.5) is 11.4 Å². The first-order valence-electron chi connectivity index (χ1n) is 8.55. The molecule has 2 aromatic heterocycles. The minimum absolute atomic E-state index is 0.0838.